The smallest absolute Gasteiger partial charge is 0.272 e. The maximum atomic E-state index is 12.7. The van der Waals surface area contributed by atoms with E-state index >= 15 is 0 Å². The molecule has 0 unspecified atom stereocenters. The Labute approximate surface area is 166 Å². The fourth-order valence-corrected chi connectivity index (χ4v) is 2.65. The quantitative estimate of drug-likeness (QED) is 0.579. The van der Waals surface area contributed by atoms with E-state index in [-0.39, 0.29) is 11.6 Å². The molecule has 0 heterocycles. The summed E-state index contributed by atoms with van der Waals surface area (Å²) in [5, 5.41) is 5.51. The lowest BCUT2D eigenvalue weighted by molar-refractivity contribution is -0.113. The molecule has 0 aliphatic carbocycles. The molecule has 2 N–H and O–H groups in total. The predicted molar refractivity (Wildman–Crippen MR) is 111 cm³/mol. The minimum Gasteiger partial charge on any atom is -0.321 e. The monoisotopic (exact) mass is 420 g/mol. The number of hydrogen-bond donors (Lipinski definition) is 2. The Bertz CT molecular complexity index is 953. The molecule has 4 nitrogen and oxygen atoms in total. The van der Waals surface area contributed by atoms with Crippen LogP contribution in [0, 0.1) is 0 Å². The summed E-state index contributed by atoms with van der Waals surface area (Å²) in [4.78, 5) is 25.3. The second-order valence-corrected chi connectivity index (χ2v) is 6.67. The van der Waals surface area contributed by atoms with E-state index < -0.39 is 5.91 Å². The van der Waals surface area contributed by atoms with Gasteiger partial charge in [0.25, 0.3) is 11.8 Å². The molecule has 3 aromatic rings. The van der Waals surface area contributed by atoms with Crippen LogP contribution in [0.5, 0.6) is 0 Å². The Morgan fingerprint density at radius 2 is 1.37 bits per heavy atom. The van der Waals surface area contributed by atoms with Gasteiger partial charge in [0.2, 0.25) is 0 Å². The number of carbonyl (C=O) groups is 2. The van der Waals surface area contributed by atoms with Gasteiger partial charge in [-0.25, -0.2) is 0 Å². The van der Waals surface area contributed by atoms with Crippen molar-refractivity contribution in [2.24, 2.45) is 0 Å². The fraction of sp³-hybridized carbons (Fsp3) is 0. The number of anilines is 1. The average Bonchev–Trinajstić information content (AvgIpc) is 2.69. The molecule has 0 atom stereocenters. The van der Waals surface area contributed by atoms with E-state index in [0.29, 0.717) is 11.3 Å². The van der Waals surface area contributed by atoms with Crippen molar-refractivity contribution >= 4 is 39.5 Å². The second-order valence-electron chi connectivity index (χ2n) is 5.75. The molecule has 5 heteroatoms. The molecule has 2 amide bonds. The summed E-state index contributed by atoms with van der Waals surface area (Å²) < 4.78 is 0.876. The van der Waals surface area contributed by atoms with Crippen molar-refractivity contribution in [2.45, 2.75) is 0 Å². The van der Waals surface area contributed by atoms with Crippen LogP contribution in [0.1, 0.15) is 15.9 Å². The highest BCUT2D eigenvalue weighted by Crippen LogP contribution is 2.13. The van der Waals surface area contributed by atoms with Gasteiger partial charge < -0.3 is 10.6 Å². The van der Waals surface area contributed by atoms with Gasteiger partial charge in [-0.05, 0) is 48.0 Å². The van der Waals surface area contributed by atoms with Crippen LogP contribution in [0.4, 0.5) is 5.69 Å². The summed E-state index contributed by atoms with van der Waals surface area (Å²) in [6.07, 6.45) is 1.65. The molecule has 0 spiro atoms. The summed E-state index contributed by atoms with van der Waals surface area (Å²) in [7, 11) is 0. The first-order valence-electron chi connectivity index (χ1n) is 8.32. The van der Waals surface area contributed by atoms with Crippen LogP contribution in [-0.4, -0.2) is 11.8 Å². The summed E-state index contributed by atoms with van der Waals surface area (Å²) in [6, 6.07) is 25.4. The standard InChI is InChI=1S/C22H17BrN2O2/c23-18-13-11-17(12-14-18)21(26)25-20(15-16-7-3-1-4-8-16)22(27)24-19-9-5-2-6-10-19/h1-15H,(H,24,27)(H,25,26)/b20-15+. The lowest BCUT2D eigenvalue weighted by Crippen LogP contribution is -2.30. The zero-order chi connectivity index (χ0) is 19.1. The molecule has 0 fully saturated rings. The van der Waals surface area contributed by atoms with E-state index in [4.69, 9.17) is 0 Å². The maximum Gasteiger partial charge on any atom is 0.272 e. The van der Waals surface area contributed by atoms with Gasteiger partial charge in [-0.1, -0.05) is 64.5 Å². The second kappa shape index (κ2) is 8.96. The number of amides is 2. The van der Waals surface area contributed by atoms with Crippen LogP contribution in [-0.2, 0) is 4.79 Å². The van der Waals surface area contributed by atoms with Crippen molar-refractivity contribution in [1.29, 1.82) is 0 Å². The highest BCUT2D eigenvalue weighted by molar-refractivity contribution is 9.10. The fourth-order valence-electron chi connectivity index (χ4n) is 2.39. The van der Waals surface area contributed by atoms with E-state index in [2.05, 4.69) is 26.6 Å². The van der Waals surface area contributed by atoms with E-state index in [9.17, 15) is 9.59 Å². The normalized spacial score (nSPS) is 10.9. The van der Waals surface area contributed by atoms with Gasteiger partial charge in [0.1, 0.15) is 5.70 Å². The third-order valence-corrected chi connectivity index (χ3v) is 4.27. The van der Waals surface area contributed by atoms with Crippen molar-refractivity contribution in [2.75, 3.05) is 5.32 Å². The number of rotatable bonds is 5. The molecule has 0 aliphatic rings. The Morgan fingerprint density at radius 1 is 0.778 bits per heavy atom. The summed E-state index contributed by atoms with van der Waals surface area (Å²) in [6.45, 7) is 0. The van der Waals surface area contributed by atoms with Gasteiger partial charge in [-0.2, -0.15) is 0 Å². The largest absolute Gasteiger partial charge is 0.321 e. The summed E-state index contributed by atoms with van der Waals surface area (Å²) in [5.74, 6) is -0.747. The molecular formula is C22H17BrN2O2. The molecule has 3 aromatic carbocycles. The molecule has 134 valence electrons. The topological polar surface area (TPSA) is 58.2 Å². The molecule has 27 heavy (non-hydrogen) atoms. The molecule has 0 aromatic heterocycles. The first kappa shape index (κ1) is 18.6. The van der Waals surface area contributed by atoms with Gasteiger partial charge in [-0.15, -0.1) is 0 Å². The SMILES string of the molecule is O=C(Nc1ccccc1)/C(=C\c1ccccc1)NC(=O)c1ccc(Br)cc1. The summed E-state index contributed by atoms with van der Waals surface area (Å²) in [5.41, 5.74) is 2.09. The molecule has 0 saturated carbocycles. The lowest BCUT2D eigenvalue weighted by Gasteiger charge is -2.11. The zero-order valence-corrected chi connectivity index (χ0v) is 15.9. The molecule has 0 bridgehead atoms. The van der Waals surface area contributed by atoms with E-state index in [1.165, 1.54) is 0 Å². The average molecular weight is 421 g/mol. The van der Waals surface area contributed by atoms with Crippen molar-refractivity contribution in [3.05, 3.63) is 106 Å². The van der Waals surface area contributed by atoms with Crippen LogP contribution >= 0.6 is 15.9 Å². The highest BCUT2D eigenvalue weighted by Gasteiger charge is 2.15. The van der Waals surface area contributed by atoms with E-state index in [1.807, 2.05) is 48.5 Å². The number of hydrogen-bond acceptors (Lipinski definition) is 2. The number of para-hydroxylation sites is 1. The number of benzene rings is 3. The van der Waals surface area contributed by atoms with Crippen LogP contribution < -0.4 is 10.6 Å². The third kappa shape index (κ3) is 5.39. The van der Waals surface area contributed by atoms with Crippen LogP contribution in [0.2, 0.25) is 0 Å². The molecule has 0 radical (unpaired) electrons. The van der Waals surface area contributed by atoms with Crippen molar-refractivity contribution < 1.29 is 9.59 Å². The summed E-state index contributed by atoms with van der Waals surface area (Å²) >= 11 is 3.34. The van der Waals surface area contributed by atoms with Gasteiger partial charge >= 0.3 is 0 Å². The van der Waals surface area contributed by atoms with Gasteiger partial charge in [0.05, 0.1) is 0 Å². The number of carbonyl (C=O) groups excluding carboxylic acids is 2. The number of halogens is 1. The van der Waals surface area contributed by atoms with Crippen molar-refractivity contribution in [1.82, 2.24) is 5.32 Å². The van der Waals surface area contributed by atoms with E-state index in [1.54, 1.807) is 42.5 Å². The molecule has 0 aliphatic heterocycles. The molecule has 3 rings (SSSR count). The Morgan fingerprint density at radius 3 is 2.00 bits per heavy atom. The van der Waals surface area contributed by atoms with Gasteiger partial charge in [0.15, 0.2) is 0 Å². The zero-order valence-electron chi connectivity index (χ0n) is 14.4. The van der Waals surface area contributed by atoms with E-state index in [0.717, 1.165) is 10.0 Å². The Kier molecular flexibility index (Phi) is 6.18. The van der Waals surface area contributed by atoms with Gasteiger partial charge in [0, 0.05) is 15.7 Å². The minimum absolute atomic E-state index is 0.165. The van der Waals surface area contributed by atoms with Crippen molar-refractivity contribution in [3.8, 4) is 0 Å². The van der Waals surface area contributed by atoms with Crippen LogP contribution in [0.25, 0.3) is 6.08 Å². The maximum absolute atomic E-state index is 12.7. The predicted octanol–water partition coefficient (Wildman–Crippen LogP) is 4.86. The third-order valence-electron chi connectivity index (χ3n) is 3.74. The van der Waals surface area contributed by atoms with Gasteiger partial charge in [-0.3, -0.25) is 9.59 Å². The first-order chi connectivity index (χ1) is 13.1. The minimum atomic E-state index is -0.393. The molecular weight excluding hydrogens is 404 g/mol. The number of nitrogens with one attached hydrogen (secondary N) is 2. The van der Waals surface area contributed by atoms with Crippen LogP contribution in [0.3, 0.4) is 0 Å². The molecule has 0 saturated heterocycles. The van der Waals surface area contributed by atoms with Crippen LogP contribution in [0.15, 0.2) is 95.1 Å². The highest BCUT2D eigenvalue weighted by atomic mass is 79.9. The Balaban J connectivity index is 1.85. The lowest BCUT2D eigenvalue weighted by atomic mass is 10.1. The van der Waals surface area contributed by atoms with Crippen molar-refractivity contribution in [3.63, 3.8) is 0 Å². The first-order valence-corrected chi connectivity index (χ1v) is 9.11. The Hall–Kier alpha value is -3.18.